The highest BCUT2D eigenvalue weighted by Crippen LogP contribution is 2.32. The molecule has 0 bridgehead atoms. The van der Waals surface area contributed by atoms with Crippen LogP contribution in [0, 0.1) is 11.6 Å². The van der Waals surface area contributed by atoms with Gasteiger partial charge < -0.3 is 88.9 Å². The minimum Gasteiger partial charge on any atom is -0.497 e. The number of amides is 12. The maximum Gasteiger partial charge on any atom is 0.246 e. The number of unbranched alkanes of at least 4 members (excludes halogenated alkanes) is 1. The Kier molecular flexibility index (Phi) is 25.6. The quantitative estimate of drug-likeness (QED) is 0.0659. The number of hydrogen-bond acceptors (Lipinski definition) is 15. The molecule has 104 heavy (non-hydrogen) atoms. The zero-order valence-electron chi connectivity index (χ0n) is 58.1. The van der Waals surface area contributed by atoms with E-state index in [2.05, 4.69) is 57.8 Å². The molecule has 2 fully saturated rings. The molecule has 2 aromatic heterocycles. The number of primary amides is 1. The summed E-state index contributed by atoms with van der Waals surface area (Å²) in [6.45, 7) is 4.14. The van der Waals surface area contributed by atoms with Gasteiger partial charge in [-0.1, -0.05) is 36.4 Å². The molecule has 9 rings (SSSR count). The van der Waals surface area contributed by atoms with Crippen molar-refractivity contribution in [2.75, 3.05) is 26.7 Å². The van der Waals surface area contributed by atoms with Gasteiger partial charge in [0, 0.05) is 86.3 Å². The van der Waals surface area contributed by atoms with E-state index in [1.807, 2.05) is 0 Å². The van der Waals surface area contributed by atoms with Crippen molar-refractivity contribution in [3.05, 3.63) is 137 Å². The molecule has 2 saturated heterocycles. The first-order valence-electron chi connectivity index (χ1n) is 34.4. The molecule has 0 saturated carbocycles. The number of aliphatic hydroxyl groups is 1. The lowest BCUT2D eigenvalue weighted by Crippen LogP contribution is -2.64. The Bertz CT molecular complexity index is 4210. The van der Waals surface area contributed by atoms with E-state index < -0.39 is 187 Å². The Morgan fingerprint density at radius 3 is 1.91 bits per heavy atom. The van der Waals surface area contributed by atoms with Crippen LogP contribution < -0.4 is 64.1 Å². The highest BCUT2D eigenvalue weighted by Gasteiger charge is 2.50. The summed E-state index contributed by atoms with van der Waals surface area (Å²) in [6.07, 6.45) is -2.67. The summed E-state index contributed by atoms with van der Waals surface area (Å²) in [5, 5.41) is 35.3. The molecule has 3 aliphatic heterocycles. The van der Waals surface area contributed by atoms with E-state index in [9.17, 15) is 52.6 Å². The first-order chi connectivity index (χ1) is 49.5. The van der Waals surface area contributed by atoms with E-state index in [0.29, 0.717) is 39.9 Å². The van der Waals surface area contributed by atoms with Crippen LogP contribution in [0.4, 0.5) is 13.2 Å². The number of aliphatic hydroxyl groups excluding tert-OH is 1. The minimum atomic E-state index is -1.93. The number of methoxy groups -OCH3 is 1. The molecule has 5 heterocycles. The Morgan fingerprint density at radius 1 is 0.702 bits per heavy atom. The Morgan fingerprint density at radius 2 is 1.30 bits per heavy atom. The summed E-state index contributed by atoms with van der Waals surface area (Å²) < 4.78 is 51.5. The number of ether oxygens (including phenoxy) is 1. The molecule has 0 spiro atoms. The Balaban J connectivity index is 1.10. The molecule has 0 radical (unpaired) electrons. The zero-order chi connectivity index (χ0) is 75.3. The summed E-state index contributed by atoms with van der Waals surface area (Å²) in [4.78, 5) is 182. The van der Waals surface area contributed by atoms with Crippen molar-refractivity contribution in [3.8, 4) is 5.75 Å². The van der Waals surface area contributed by atoms with E-state index >= 15 is 23.2 Å². The number of fused-ring (bicyclic) bond motifs is 5. The topological polar surface area (TPSA) is 433 Å². The van der Waals surface area contributed by atoms with E-state index in [1.165, 1.54) is 68.6 Å². The predicted octanol–water partition coefficient (Wildman–Crippen LogP) is 0.460. The van der Waals surface area contributed by atoms with Crippen LogP contribution in [-0.4, -0.2) is 195 Å². The normalized spacial score (nSPS) is 25.3. The van der Waals surface area contributed by atoms with E-state index in [0.717, 1.165) is 24.8 Å². The smallest absolute Gasteiger partial charge is 0.246 e. The number of benzene rings is 4. The number of rotatable bonds is 14. The van der Waals surface area contributed by atoms with Gasteiger partial charge in [-0.15, -0.1) is 0 Å². The fourth-order valence-electron chi connectivity index (χ4n) is 13.4. The number of carbonyl (C=O) groups is 12. The van der Waals surface area contributed by atoms with Gasteiger partial charge in [0.05, 0.1) is 26.2 Å². The fourth-order valence-corrected chi connectivity index (χ4v) is 13.4. The molecule has 29 nitrogen and oxygen atoms in total. The van der Waals surface area contributed by atoms with E-state index in [4.69, 9.17) is 16.2 Å². The number of carbonyl (C=O) groups excluding carboxylic acids is 12. The van der Waals surface area contributed by atoms with Gasteiger partial charge in [-0.3, -0.25) is 57.5 Å². The van der Waals surface area contributed by atoms with Crippen LogP contribution in [0.2, 0.25) is 0 Å². The second kappa shape index (κ2) is 34.4. The third kappa shape index (κ3) is 19.0. The first kappa shape index (κ1) is 77.3. The Labute approximate surface area is 596 Å². The molecule has 32 heteroatoms. The fraction of sp³-hybridized carbons (Fsp3) is 0.444. The summed E-state index contributed by atoms with van der Waals surface area (Å²) in [5.41, 5.74) is 12.7. The van der Waals surface area contributed by atoms with Gasteiger partial charge in [0.25, 0.3) is 0 Å². The SMILES string of the molecule is COc1ccc(C[C@@H]2NC(=O)[C@H]([C@@H](C)O)NC(=O)[C@@H]3C[C@H](F)CN3C(=O)[C@H](Cc3c[nH]c4ccc(F)cc34)NC(=O)[C@H](Cc3c[nH]c4ccc(F)cc34)NC(=O)[C@H](C)NC(=O)[C@H](CCCCN)NC(=O)[C@@H](NC(C)=O)CC(=O)NCc3ccccc3C[C@@H](C(N)=O)NC(=O)[C@]3(C)CCCN3C2=O)cc1. The lowest BCUT2D eigenvalue weighted by Gasteiger charge is -2.37. The van der Waals surface area contributed by atoms with Crippen molar-refractivity contribution in [1.82, 2.24) is 67.6 Å². The Hall–Kier alpha value is -10.9. The number of hydrogen-bond donors (Lipinski definition) is 14. The summed E-state index contributed by atoms with van der Waals surface area (Å²) in [6, 6.07) is 5.77. The van der Waals surface area contributed by atoms with Crippen LogP contribution in [-0.2, 0) is 89.8 Å². The van der Waals surface area contributed by atoms with Crippen LogP contribution in [0.15, 0.2) is 97.3 Å². The third-order valence-electron chi connectivity index (χ3n) is 19.1. The van der Waals surface area contributed by atoms with Crippen LogP contribution in [0.5, 0.6) is 5.75 Å². The van der Waals surface area contributed by atoms with Gasteiger partial charge in [-0.05, 0) is 136 Å². The predicted molar refractivity (Wildman–Crippen MR) is 372 cm³/mol. The molecule has 12 atom stereocenters. The minimum absolute atomic E-state index is 0.0400. The summed E-state index contributed by atoms with van der Waals surface area (Å²) in [5.74, 6) is -12.4. The average molecular weight is 1440 g/mol. The summed E-state index contributed by atoms with van der Waals surface area (Å²) in [7, 11) is 1.44. The van der Waals surface area contributed by atoms with Crippen molar-refractivity contribution in [2.24, 2.45) is 11.5 Å². The zero-order valence-corrected chi connectivity index (χ0v) is 58.1. The van der Waals surface area contributed by atoms with E-state index in [1.54, 1.807) is 48.5 Å². The standard InChI is InChI=1S/C72H88F3N15O14/c1-37-63(95)84-55(27-43-34-78-51-20-16-45(73)29-49(43)51)65(97)85-58(28-44-35-79-52-21-17-46(74)30-50(44)52)69(101)89-36-47(75)31-59(89)67(99)88-61(38(2)91)68(100)86-57(25-40-14-18-48(104-5)19-15-40)70(102)90-24-10-22-72(90,4)71(103)87-54(62(77)94)26-41-11-6-7-12-42(41)33-80-60(93)32-56(82-39(3)92)66(98)83-53(64(96)81-37)13-8-9-23-76/h6-7,11-12,14-21,29-30,34-35,37-38,47,53-59,61,78-79,91H,8-10,13,22-28,31-33,36,76H2,1-5H3,(H2,77,94)(H,80,93)(H,81,96)(H,82,92)(H,83,98)(H,84,95)(H,85,97)(H,86,100)(H,87,103)(H,88,99)/t37-,38+,47-,53-,54-,55-,56-,57-,58-,59-,61-,72-/m0/s1. The molecule has 0 aliphatic carbocycles. The molecular weight excluding hydrogens is 1360 g/mol. The van der Waals surface area contributed by atoms with Gasteiger partial charge in [0.1, 0.15) is 83.5 Å². The third-order valence-corrected chi connectivity index (χ3v) is 19.1. The monoisotopic (exact) mass is 1440 g/mol. The van der Waals surface area contributed by atoms with Gasteiger partial charge in [-0.25, -0.2) is 13.2 Å². The molecule has 16 N–H and O–H groups in total. The lowest BCUT2D eigenvalue weighted by atomic mass is 9.94. The van der Waals surface area contributed by atoms with Crippen LogP contribution >= 0.6 is 0 Å². The van der Waals surface area contributed by atoms with Crippen LogP contribution in [0.1, 0.15) is 100 Å². The number of halogens is 3. The first-order valence-corrected chi connectivity index (χ1v) is 34.4. The second-order valence-corrected chi connectivity index (χ2v) is 26.8. The van der Waals surface area contributed by atoms with Crippen molar-refractivity contribution < 1.29 is 80.5 Å². The molecule has 6 aromatic rings. The van der Waals surface area contributed by atoms with Gasteiger partial charge in [0.15, 0.2) is 0 Å². The van der Waals surface area contributed by atoms with Crippen LogP contribution in [0.25, 0.3) is 21.8 Å². The molecule has 0 unspecified atom stereocenters. The highest BCUT2D eigenvalue weighted by molar-refractivity contribution is 6.01. The van der Waals surface area contributed by atoms with Crippen molar-refractivity contribution in [3.63, 3.8) is 0 Å². The number of aromatic amines is 2. The largest absolute Gasteiger partial charge is 0.497 e. The van der Waals surface area contributed by atoms with Gasteiger partial charge in [0.2, 0.25) is 70.9 Å². The van der Waals surface area contributed by atoms with Gasteiger partial charge in [-0.2, -0.15) is 0 Å². The van der Waals surface area contributed by atoms with Crippen molar-refractivity contribution >= 4 is 92.7 Å². The van der Waals surface area contributed by atoms with Crippen molar-refractivity contribution in [1.29, 1.82) is 0 Å². The number of nitrogens with zero attached hydrogens (tertiary/aromatic N) is 2. The van der Waals surface area contributed by atoms with Crippen LogP contribution in [0.3, 0.4) is 0 Å². The number of alkyl halides is 1. The number of nitrogens with one attached hydrogen (secondary N) is 11. The lowest BCUT2D eigenvalue weighted by molar-refractivity contribution is -0.147. The molecule has 3 aliphatic rings. The molecule has 556 valence electrons. The average Bonchev–Trinajstić information content (AvgIpc) is 1.61. The number of aromatic nitrogens is 2. The van der Waals surface area contributed by atoms with Gasteiger partial charge >= 0.3 is 0 Å². The number of H-pyrrole nitrogens is 2. The molecular formula is C72H88F3N15O14. The maximum absolute atomic E-state index is 16.2. The van der Waals surface area contributed by atoms with Crippen molar-refractivity contribution in [2.45, 2.75) is 177 Å². The molecule has 12 amide bonds. The highest BCUT2D eigenvalue weighted by atomic mass is 19.1. The molecule has 4 aromatic carbocycles. The maximum atomic E-state index is 16.2. The number of nitrogens with two attached hydrogens (primary N) is 2. The van der Waals surface area contributed by atoms with E-state index in [-0.39, 0.29) is 80.1 Å². The summed E-state index contributed by atoms with van der Waals surface area (Å²) >= 11 is 0. The second-order valence-electron chi connectivity index (χ2n) is 26.8.